The molecule has 1 fully saturated rings. The molecular formula is C9H13NO. The second kappa shape index (κ2) is 2.68. The summed E-state index contributed by atoms with van der Waals surface area (Å²) in [6, 6.07) is 0. The number of rotatable bonds is 2. The molecule has 0 N–H and O–H groups in total. The summed E-state index contributed by atoms with van der Waals surface area (Å²) in [7, 11) is 0. The number of ether oxygens (including phenoxy) is 1. The van der Waals surface area contributed by atoms with E-state index in [0.717, 1.165) is 18.1 Å². The van der Waals surface area contributed by atoms with Crippen LogP contribution in [0.1, 0.15) is 26.2 Å². The molecule has 0 aromatic carbocycles. The second-order valence-electron chi connectivity index (χ2n) is 3.37. The van der Waals surface area contributed by atoms with Crippen molar-refractivity contribution in [2.24, 2.45) is 10.9 Å². The van der Waals surface area contributed by atoms with Crippen LogP contribution < -0.4 is 0 Å². The van der Waals surface area contributed by atoms with E-state index in [-0.39, 0.29) is 6.10 Å². The van der Waals surface area contributed by atoms with Gasteiger partial charge in [0.05, 0.1) is 6.20 Å². The third kappa shape index (κ3) is 1.82. The largest absolute Gasteiger partial charge is 0.488 e. The van der Waals surface area contributed by atoms with Crippen molar-refractivity contribution in [3.8, 4) is 0 Å². The summed E-state index contributed by atoms with van der Waals surface area (Å²) < 4.78 is 5.55. The van der Waals surface area contributed by atoms with E-state index >= 15 is 0 Å². The van der Waals surface area contributed by atoms with Gasteiger partial charge in [-0.1, -0.05) is 12.8 Å². The molecule has 2 rings (SSSR count). The molecule has 0 spiro atoms. The minimum absolute atomic E-state index is 0.257. The maximum Gasteiger partial charge on any atom is 0.134 e. The van der Waals surface area contributed by atoms with Gasteiger partial charge in [-0.3, -0.25) is 4.99 Å². The van der Waals surface area contributed by atoms with E-state index in [0.29, 0.717) is 0 Å². The highest BCUT2D eigenvalue weighted by Gasteiger charge is 2.26. The number of aliphatic imine (C=N–C) groups is 1. The molecule has 0 bridgehead atoms. The van der Waals surface area contributed by atoms with Gasteiger partial charge in [0.25, 0.3) is 0 Å². The fraction of sp³-hybridized carbons (Fsp3) is 0.667. The van der Waals surface area contributed by atoms with Gasteiger partial charge in [-0.15, -0.1) is 0 Å². The molecule has 2 heteroatoms. The zero-order valence-electron chi connectivity index (χ0n) is 6.79. The first kappa shape index (κ1) is 6.89. The van der Waals surface area contributed by atoms with Gasteiger partial charge in [0.1, 0.15) is 11.9 Å². The van der Waals surface area contributed by atoms with E-state index < -0.39 is 0 Å². The van der Waals surface area contributed by atoms with Gasteiger partial charge >= 0.3 is 0 Å². The van der Waals surface area contributed by atoms with Crippen LogP contribution in [0.25, 0.3) is 0 Å². The third-order valence-corrected chi connectivity index (χ3v) is 2.11. The Morgan fingerprint density at radius 1 is 1.64 bits per heavy atom. The zero-order valence-corrected chi connectivity index (χ0v) is 6.79. The molecule has 0 aromatic rings. The smallest absolute Gasteiger partial charge is 0.134 e. The van der Waals surface area contributed by atoms with Crippen LogP contribution in [0.4, 0.5) is 0 Å². The van der Waals surface area contributed by atoms with Gasteiger partial charge in [0.2, 0.25) is 0 Å². The first-order chi connectivity index (χ1) is 5.34. The van der Waals surface area contributed by atoms with Crippen LogP contribution in [-0.4, -0.2) is 12.3 Å². The first-order valence-corrected chi connectivity index (χ1v) is 4.21. The monoisotopic (exact) mass is 151 g/mol. The lowest BCUT2D eigenvalue weighted by Crippen LogP contribution is -2.16. The van der Waals surface area contributed by atoms with Crippen LogP contribution in [0.3, 0.4) is 0 Å². The molecule has 1 unspecified atom stereocenters. The number of nitrogens with zero attached hydrogens (tertiary/aromatic N) is 1. The van der Waals surface area contributed by atoms with Gasteiger partial charge in [0.15, 0.2) is 0 Å². The quantitative estimate of drug-likeness (QED) is 0.592. The molecule has 0 aromatic heterocycles. The topological polar surface area (TPSA) is 21.6 Å². The maximum absolute atomic E-state index is 5.55. The van der Waals surface area contributed by atoms with Gasteiger partial charge in [-0.25, -0.2) is 0 Å². The summed E-state index contributed by atoms with van der Waals surface area (Å²) in [5, 5.41) is 0. The molecule has 1 saturated carbocycles. The van der Waals surface area contributed by atoms with Gasteiger partial charge in [0, 0.05) is 6.21 Å². The van der Waals surface area contributed by atoms with Crippen LogP contribution in [0.5, 0.6) is 0 Å². The summed E-state index contributed by atoms with van der Waals surface area (Å²) in [5.41, 5.74) is 0. The molecule has 60 valence electrons. The fourth-order valence-electron chi connectivity index (χ4n) is 1.33. The summed E-state index contributed by atoms with van der Waals surface area (Å²) in [4.78, 5) is 4.11. The van der Waals surface area contributed by atoms with E-state index in [2.05, 4.69) is 4.99 Å². The molecule has 0 amide bonds. The normalized spacial score (nSPS) is 29.5. The van der Waals surface area contributed by atoms with Crippen LogP contribution in [-0.2, 0) is 4.74 Å². The van der Waals surface area contributed by atoms with Crippen molar-refractivity contribution < 1.29 is 4.74 Å². The summed E-state index contributed by atoms with van der Waals surface area (Å²) in [6.07, 6.45) is 7.86. The molecular weight excluding hydrogens is 138 g/mol. The Kier molecular flexibility index (Phi) is 1.68. The lowest BCUT2D eigenvalue weighted by Gasteiger charge is -2.17. The van der Waals surface area contributed by atoms with E-state index in [1.807, 2.05) is 13.1 Å². The van der Waals surface area contributed by atoms with E-state index in [1.165, 1.54) is 12.8 Å². The molecule has 11 heavy (non-hydrogen) atoms. The second-order valence-corrected chi connectivity index (χ2v) is 3.37. The Hall–Kier alpha value is -0.790. The Labute approximate surface area is 67.0 Å². The van der Waals surface area contributed by atoms with Crippen LogP contribution in [0, 0.1) is 5.92 Å². The molecule has 1 atom stereocenters. The Balaban J connectivity index is 1.86. The Bertz CT molecular complexity index is 204. The average molecular weight is 151 g/mol. The van der Waals surface area contributed by atoms with Crippen LogP contribution in [0.2, 0.25) is 0 Å². The van der Waals surface area contributed by atoms with E-state index in [4.69, 9.17) is 4.74 Å². The predicted octanol–water partition coefficient (Wildman–Crippen LogP) is 2.12. The van der Waals surface area contributed by atoms with Crippen molar-refractivity contribution in [1.29, 1.82) is 0 Å². The highest BCUT2D eigenvalue weighted by atomic mass is 16.5. The van der Waals surface area contributed by atoms with Crippen molar-refractivity contribution in [2.45, 2.75) is 32.3 Å². The first-order valence-electron chi connectivity index (χ1n) is 4.21. The standard InChI is InChI=1S/C9H13NO/c1-7-5-10-6-9(11-7)4-8-2-3-8/h5-6,8-9H,2-4H2,1H3. The third-order valence-electron chi connectivity index (χ3n) is 2.11. The van der Waals surface area contributed by atoms with E-state index in [9.17, 15) is 0 Å². The zero-order chi connectivity index (χ0) is 7.68. The van der Waals surface area contributed by atoms with Gasteiger partial charge < -0.3 is 4.74 Å². The summed E-state index contributed by atoms with van der Waals surface area (Å²) in [6.45, 7) is 1.95. The molecule has 0 saturated heterocycles. The number of hydrogen-bond donors (Lipinski definition) is 0. The van der Waals surface area contributed by atoms with Crippen LogP contribution >= 0.6 is 0 Å². The van der Waals surface area contributed by atoms with Gasteiger partial charge in [-0.2, -0.15) is 0 Å². The molecule has 0 radical (unpaired) electrons. The Morgan fingerprint density at radius 3 is 3.09 bits per heavy atom. The molecule has 1 aliphatic heterocycles. The highest BCUT2D eigenvalue weighted by molar-refractivity contribution is 5.65. The van der Waals surface area contributed by atoms with Gasteiger partial charge in [-0.05, 0) is 19.3 Å². The summed E-state index contributed by atoms with van der Waals surface area (Å²) >= 11 is 0. The highest BCUT2D eigenvalue weighted by Crippen LogP contribution is 2.34. The van der Waals surface area contributed by atoms with Crippen LogP contribution in [0.15, 0.2) is 17.0 Å². The minimum atomic E-state index is 0.257. The predicted molar refractivity (Wildman–Crippen MR) is 44.5 cm³/mol. The maximum atomic E-state index is 5.55. The number of hydrogen-bond acceptors (Lipinski definition) is 2. The molecule has 2 aliphatic rings. The number of allylic oxidation sites excluding steroid dienone is 1. The van der Waals surface area contributed by atoms with Crippen molar-refractivity contribution in [3.05, 3.63) is 12.0 Å². The summed E-state index contributed by atoms with van der Waals surface area (Å²) in [5.74, 6) is 1.86. The Morgan fingerprint density at radius 2 is 2.45 bits per heavy atom. The molecule has 2 nitrogen and oxygen atoms in total. The molecule has 1 aliphatic carbocycles. The fourth-order valence-corrected chi connectivity index (χ4v) is 1.33. The SMILES string of the molecule is CC1=CN=CC(CC2CC2)O1. The van der Waals surface area contributed by atoms with Crippen molar-refractivity contribution in [2.75, 3.05) is 0 Å². The average Bonchev–Trinajstić information content (AvgIpc) is 2.71. The lowest BCUT2D eigenvalue weighted by atomic mass is 10.2. The van der Waals surface area contributed by atoms with Crippen molar-refractivity contribution >= 4 is 6.21 Å². The molecule has 1 heterocycles. The lowest BCUT2D eigenvalue weighted by molar-refractivity contribution is 0.157. The van der Waals surface area contributed by atoms with Crippen molar-refractivity contribution in [1.82, 2.24) is 0 Å². The minimum Gasteiger partial charge on any atom is -0.488 e. The van der Waals surface area contributed by atoms with Crippen molar-refractivity contribution in [3.63, 3.8) is 0 Å². The van der Waals surface area contributed by atoms with E-state index in [1.54, 1.807) is 6.20 Å².